The fourth-order valence-corrected chi connectivity index (χ4v) is 2.96. The highest BCUT2D eigenvalue weighted by Crippen LogP contribution is 2.30. The van der Waals surface area contributed by atoms with Crippen LogP contribution in [0.15, 0.2) is 42.5 Å². The fourth-order valence-electron chi connectivity index (χ4n) is 2.96. The van der Waals surface area contributed by atoms with Gasteiger partial charge in [-0.15, -0.1) is 0 Å². The van der Waals surface area contributed by atoms with Crippen LogP contribution in [0.5, 0.6) is 11.5 Å². The molecule has 3 rings (SSSR count). The van der Waals surface area contributed by atoms with E-state index in [1.54, 1.807) is 0 Å². The molecule has 0 spiro atoms. The highest BCUT2D eigenvalue weighted by Gasteiger charge is 2.14. The van der Waals surface area contributed by atoms with Crippen molar-refractivity contribution in [2.45, 2.75) is 19.8 Å². The van der Waals surface area contributed by atoms with Gasteiger partial charge >= 0.3 is 0 Å². The van der Waals surface area contributed by atoms with Crippen molar-refractivity contribution in [3.8, 4) is 11.5 Å². The van der Waals surface area contributed by atoms with Gasteiger partial charge in [-0.25, -0.2) is 0 Å². The summed E-state index contributed by atoms with van der Waals surface area (Å²) in [6.45, 7) is 3.62. The Morgan fingerprint density at radius 2 is 1.77 bits per heavy atom. The Kier molecular flexibility index (Phi) is 6.12. The highest BCUT2D eigenvalue weighted by atomic mass is 16.6. The molecule has 5 heteroatoms. The second-order valence-corrected chi connectivity index (χ2v) is 6.70. The molecular weight excluding hydrogens is 330 g/mol. The number of carbonyl (C=O) groups excluding carboxylic acids is 1. The minimum absolute atomic E-state index is 0.00178. The first-order chi connectivity index (χ1) is 12.6. The number of benzene rings is 2. The van der Waals surface area contributed by atoms with Crippen molar-refractivity contribution in [2.24, 2.45) is 5.92 Å². The van der Waals surface area contributed by atoms with Gasteiger partial charge in [0.1, 0.15) is 13.2 Å². The molecule has 1 amide bonds. The number of amides is 1. The van der Waals surface area contributed by atoms with Gasteiger partial charge in [0.15, 0.2) is 11.5 Å². The first-order valence-electron chi connectivity index (χ1n) is 8.95. The number of carbonyl (C=O) groups is 1. The van der Waals surface area contributed by atoms with Gasteiger partial charge in [-0.3, -0.25) is 4.79 Å². The minimum Gasteiger partial charge on any atom is -0.486 e. The largest absolute Gasteiger partial charge is 0.486 e. The second kappa shape index (κ2) is 8.72. The first-order valence-corrected chi connectivity index (χ1v) is 8.95. The van der Waals surface area contributed by atoms with Crippen molar-refractivity contribution >= 4 is 5.91 Å². The molecule has 2 N–H and O–H groups in total. The predicted octanol–water partition coefficient (Wildman–Crippen LogP) is 2.28. The van der Waals surface area contributed by atoms with Gasteiger partial charge < -0.3 is 19.9 Å². The van der Waals surface area contributed by atoms with Crippen molar-refractivity contribution in [1.82, 2.24) is 5.32 Å². The van der Waals surface area contributed by atoms with Gasteiger partial charge in [0, 0.05) is 19.1 Å². The smallest absolute Gasteiger partial charge is 0.224 e. The summed E-state index contributed by atoms with van der Waals surface area (Å²) in [4.78, 5) is 12.2. The van der Waals surface area contributed by atoms with Gasteiger partial charge in [-0.05, 0) is 36.6 Å². The average molecular weight is 355 g/mol. The maximum atomic E-state index is 12.2. The van der Waals surface area contributed by atoms with E-state index >= 15 is 0 Å². The third-order valence-corrected chi connectivity index (χ3v) is 4.46. The zero-order chi connectivity index (χ0) is 18.4. The molecule has 1 heterocycles. The summed E-state index contributed by atoms with van der Waals surface area (Å²) in [5.41, 5.74) is 3.25. The summed E-state index contributed by atoms with van der Waals surface area (Å²) in [5.74, 6) is 1.35. The molecule has 1 aliphatic heterocycles. The van der Waals surface area contributed by atoms with Gasteiger partial charge in [0.25, 0.3) is 0 Å². The number of aliphatic hydroxyl groups is 1. The van der Waals surface area contributed by atoms with Crippen LogP contribution in [0.2, 0.25) is 0 Å². The van der Waals surface area contributed by atoms with E-state index in [1.807, 2.05) is 25.1 Å². The van der Waals surface area contributed by atoms with Crippen molar-refractivity contribution in [2.75, 3.05) is 26.4 Å². The monoisotopic (exact) mass is 355 g/mol. The second-order valence-electron chi connectivity index (χ2n) is 6.70. The number of aliphatic hydroxyl groups excluding tert-OH is 1. The van der Waals surface area contributed by atoms with Crippen LogP contribution in [0.3, 0.4) is 0 Å². The van der Waals surface area contributed by atoms with E-state index in [4.69, 9.17) is 9.47 Å². The standard InChI is InChI=1S/C21H25NO4/c1-15-2-4-16(5-3-15)10-18(14-23)13-22-21(24)12-17-6-7-19-20(11-17)26-9-8-25-19/h2-7,11,18,23H,8-10,12-14H2,1H3,(H,22,24)/t18-/m0/s1. The molecule has 2 aromatic carbocycles. The molecule has 0 aromatic heterocycles. The van der Waals surface area contributed by atoms with Crippen LogP contribution >= 0.6 is 0 Å². The van der Waals surface area contributed by atoms with Crippen molar-refractivity contribution in [3.63, 3.8) is 0 Å². The van der Waals surface area contributed by atoms with E-state index in [0.29, 0.717) is 25.5 Å². The lowest BCUT2D eigenvalue weighted by Crippen LogP contribution is -2.32. The van der Waals surface area contributed by atoms with Crippen LogP contribution in [-0.4, -0.2) is 37.4 Å². The lowest BCUT2D eigenvalue weighted by Gasteiger charge is -2.19. The molecule has 0 saturated heterocycles. The minimum atomic E-state index is -0.0657. The number of hydrogen-bond acceptors (Lipinski definition) is 4. The normalized spacial score (nSPS) is 13.9. The highest BCUT2D eigenvalue weighted by molar-refractivity contribution is 5.78. The Morgan fingerprint density at radius 3 is 2.50 bits per heavy atom. The summed E-state index contributed by atoms with van der Waals surface area (Å²) in [6, 6.07) is 13.8. The lowest BCUT2D eigenvalue weighted by molar-refractivity contribution is -0.120. The van der Waals surface area contributed by atoms with Crippen LogP contribution in [0.1, 0.15) is 16.7 Å². The zero-order valence-electron chi connectivity index (χ0n) is 15.0. The molecule has 0 saturated carbocycles. The molecule has 0 aliphatic carbocycles. The van der Waals surface area contributed by atoms with Crippen molar-refractivity contribution in [1.29, 1.82) is 0 Å². The molecular formula is C21H25NO4. The Bertz CT molecular complexity index is 742. The van der Waals surface area contributed by atoms with Gasteiger partial charge in [0.2, 0.25) is 5.91 Å². The zero-order valence-corrected chi connectivity index (χ0v) is 15.0. The number of aryl methyl sites for hydroxylation is 1. The topological polar surface area (TPSA) is 67.8 Å². The molecule has 26 heavy (non-hydrogen) atoms. The molecule has 0 unspecified atom stereocenters. The molecule has 0 bridgehead atoms. The Balaban J connectivity index is 1.50. The van der Waals surface area contributed by atoms with Gasteiger partial charge in [-0.1, -0.05) is 35.9 Å². The quantitative estimate of drug-likeness (QED) is 0.800. The summed E-state index contributed by atoms with van der Waals surface area (Å²) >= 11 is 0. The Morgan fingerprint density at radius 1 is 1.08 bits per heavy atom. The summed E-state index contributed by atoms with van der Waals surface area (Å²) < 4.78 is 11.0. The first kappa shape index (κ1) is 18.3. The van der Waals surface area contributed by atoms with Crippen LogP contribution in [0, 0.1) is 12.8 Å². The number of rotatable bonds is 7. The van der Waals surface area contributed by atoms with E-state index in [1.165, 1.54) is 5.56 Å². The van der Waals surface area contributed by atoms with E-state index < -0.39 is 0 Å². The summed E-state index contributed by atoms with van der Waals surface area (Å²) in [6.07, 6.45) is 1.01. The van der Waals surface area contributed by atoms with Crippen molar-refractivity contribution in [3.05, 3.63) is 59.2 Å². The lowest BCUT2D eigenvalue weighted by atomic mass is 9.99. The molecule has 0 radical (unpaired) electrons. The fraction of sp³-hybridized carbons (Fsp3) is 0.381. The molecule has 138 valence electrons. The molecule has 2 aromatic rings. The van der Waals surface area contributed by atoms with E-state index in [9.17, 15) is 9.90 Å². The SMILES string of the molecule is Cc1ccc(C[C@H](CO)CNC(=O)Cc2ccc3c(c2)OCCO3)cc1. The number of nitrogens with one attached hydrogen (secondary N) is 1. The van der Waals surface area contributed by atoms with Crippen LogP contribution in [-0.2, 0) is 17.6 Å². The average Bonchev–Trinajstić information content (AvgIpc) is 2.66. The Hall–Kier alpha value is -2.53. The molecule has 1 atom stereocenters. The van der Waals surface area contributed by atoms with E-state index in [-0.39, 0.29) is 24.9 Å². The Labute approximate surface area is 153 Å². The molecule has 5 nitrogen and oxygen atoms in total. The number of hydrogen-bond donors (Lipinski definition) is 2. The molecule has 0 fully saturated rings. The van der Waals surface area contributed by atoms with E-state index in [2.05, 4.69) is 29.6 Å². The number of fused-ring (bicyclic) bond motifs is 1. The summed E-state index contributed by atoms with van der Waals surface area (Å²) in [5, 5.41) is 12.5. The van der Waals surface area contributed by atoms with Crippen LogP contribution in [0.4, 0.5) is 0 Å². The number of ether oxygens (including phenoxy) is 2. The maximum absolute atomic E-state index is 12.2. The van der Waals surface area contributed by atoms with Crippen LogP contribution in [0.25, 0.3) is 0 Å². The van der Waals surface area contributed by atoms with Crippen molar-refractivity contribution < 1.29 is 19.4 Å². The molecule has 1 aliphatic rings. The van der Waals surface area contributed by atoms with Gasteiger partial charge in [0.05, 0.1) is 6.42 Å². The van der Waals surface area contributed by atoms with Crippen LogP contribution < -0.4 is 14.8 Å². The van der Waals surface area contributed by atoms with Gasteiger partial charge in [-0.2, -0.15) is 0 Å². The van der Waals surface area contributed by atoms with E-state index in [0.717, 1.165) is 23.3 Å². The third kappa shape index (κ3) is 4.99. The third-order valence-electron chi connectivity index (χ3n) is 4.46. The predicted molar refractivity (Wildman–Crippen MR) is 99.6 cm³/mol. The summed E-state index contributed by atoms with van der Waals surface area (Å²) in [7, 11) is 0. The maximum Gasteiger partial charge on any atom is 0.224 e.